The van der Waals surface area contributed by atoms with Crippen molar-refractivity contribution in [2.24, 2.45) is 0 Å². The standard InChI is InChI=1S/C15H15Cl2N3O2/c16-10-4-5-11(17)12(9-10)19-15(22)13-3-1-2-8-20(13)14(21)6-7-18/h4-5,9,13H,1-3,6,8H2,(H,19,22)/t13-/m1/s1. The van der Waals surface area contributed by atoms with Crippen molar-refractivity contribution < 1.29 is 9.59 Å². The SMILES string of the molecule is N#CCC(=O)N1CCCC[C@@H]1C(=O)Nc1cc(Cl)ccc1Cl. The van der Waals surface area contributed by atoms with Gasteiger partial charge in [-0.1, -0.05) is 23.2 Å². The van der Waals surface area contributed by atoms with Crippen LogP contribution in [0.4, 0.5) is 5.69 Å². The van der Waals surface area contributed by atoms with E-state index in [-0.39, 0.29) is 18.2 Å². The second kappa shape index (κ2) is 7.48. The maximum absolute atomic E-state index is 12.5. The Morgan fingerprint density at radius 3 is 2.86 bits per heavy atom. The summed E-state index contributed by atoms with van der Waals surface area (Å²) in [5.41, 5.74) is 0.414. The Labute approximate surface area is 138 Å². The molecule has 1 atom stereocenters. The summed E-state index contributed by atoms with van der Waals surface area (Å²) in [6.07, 6.45) is 2.04. The first kappa shape index (κ1) is 16.6. The van der Waals surface area contributed by atoms with Crippen molar-refractivity contribution in [1.82, 2.24) is 4.90 Å². The average Bonchev–Trinajstić information content (AvgIpc) is 2.51. The van der Waals surface area contributed by atoms with Crippen molar-refractivity contribution in [3.63, 3.8) is 0 Å². The molecule has 2 rings (SSSR count). The molecule has 0 bridgehead atoms. The second-order valence-electron chi connectivity index (χ2n) is 5.05. The van der Waals surface area contributed by atoms with E-state index in [1.165, 1.54) is 4.90 Å². The Morgan fingerprint density at radius 2 is 2.14 bits per heavy atom. The molecule has 0 aliphatic carbocycles. The van der Waals surface area contributed by atoms with Crippen molar-refractivity contribution in [1.29, 1.82) is 5.26 Å². The summed E-state index contributed by atoms with van der Waals surface area (Å²) in [7, 11) is 0. The molecule has 2 amide bonds. The fraction of sp³-hybridized carbons (Fsp3) is 0.400. The molecule has 1 fully saturated rings. The van der Waals surface area contributed by atoms with Gasteiger partial charge in [-0.15, -0.1) is 0 Å². The minimum Gasteiger partial charge on any atom is -0.330 e. The molecule has 7 heteroatoms. The van der Waals surface area contributed by atoms with Gasteiger partial charge in [0.25, 0.3) is 0 Å². The van der Waals surface area contributed by atoms with Crippen LogP contribution >= 0.6 is 23.2 Å². The van der Waals surface area contributed by atoms with E-state index < -0.39 is 6.04 Å². The van der Waals surface area contributed by atoms with Crippen molar-refractivity contribution in [3.05, 3.63) is 28.2 Å². The van der Waals surface area contributed by atoms with Gasteiger partial charge >= 0.3 is 0 Å². The number of hydrogen-bond donors (Lipinski definition) is 1. The van der Waals surface area contributed by atoms with Gasteiger partial charge in [0.05, 0.1) is 16.8 Å². The van der Waals surface area contributed by atoms with Gasteiger partial charge < -0.3 is 10.2 Å². The van der Waals surface area contributed by atoms with Crippen LogP contribution in [0.1, 0.15) is 25.7 Å². The molecule has 1 aliphatic heterocycles. The number of piperidine rings is 1. The van der Waals surface area contributed by atoms with Crippen LogP contribution in [0.3, 0.4) is 0 Å². The van der Waals surface area contributed by atoms with Gasteiger partial charge in [-0.05, 0) is 37.5 Å². The Morgan fingerprint density at radius 1 is 1.36 bits per heavy atom. The molecule has 1 aliphatic rings. The molecule has 5 nitrogen and oxygen atoms in total. The first-order valence-corrected chi connectivity index (χ1v) is 7.71. The molecule has 1 heterocycles. The van der Waals surface area contributed by atoms with Crippen LogP contribution < -0.4 is 5.32 Å². The zero-order valence-corrected chi connectivity index (χ0v) is 13.3. The van der Waals surface area contributed by atoms with E-state index in [1.54, 1.807) is 18.2 Å². The van der Waals surface area contributed by atoms with Crippen molar-refractivity contribution in [2.45, 2.75) is 31.7 Å². The monoisotopic (exact) mass is 339 g/mol. The highest BCUT2D eigenvalue weighted by Crippen LogP contribution is 2.27. The van der Waals surface area contributed by atoms with E-state index in [2.05, 4.69) is 5.32 Å². The number of carbonyl (C=O) groups excluding carboxylic acids is 2. The highest BCUT2D eigenvalue weighted by Gasteiger charge is 2.32. The molecule has 1 aromatic carbocycles. The average molecular weight is 340 g/mol. The lowest BCUT2D eigenvalue weighted by Gasteiger charge is -2.34. The third-order valence-electron chi connectivity index (χ3n) is 3.54. The maximum Gasteiger partial charge on any atom is 0.247 e. The van der Waals surface area contributed by atoms with Crippen LogP contribution in [0.25, 0.3) is 0 Å². The van der Waals surface area contributed by atoms with Crippen molar-refractivity contribution in [3.8, 4) is 6.07 Å². The second-order valence-corrected chi connectivity index (χ2v) is 5.89. The van der Waals surface area contributed by atoms with E-state index in [1.807, 2.05) is 6.07 Å². The molecule has 0 unspecified atom stereocenters. The molecule has 0 radical (unpaired) electrons. The normalized spacial score (nSPS) is 17.7. The van der Waals surface area contributed by atoms with E-state index >= 15 is 0 Å². The zero-order chi connectivity index (χ0) is 16.1. The lowest BCUT2D eigenvalue weighted by Crippen LogP contribution is -2.49. The van der Waals surface area contributed by atoms with E-state index in [4.69, 9.17) is 28.5 Å². The maximum atomic E-state index is 12.5. The molecule has 1 saturated heterocycles. The van der Waals surface area contributed by atoms with Crippen molar-refractivity contribution in [2.75, 3.05) is 11.9 Å². The molecule has 0 saturated carbocycles. The Hall–Kier alpha value is -1.77. The van der Waals surface area contributed by atoms with Crippen molar-refractivity contribution >= 4 is 40.7 Å². The van der Waals surface area contributed by atoms with Gasteiger partial charge in [-0.2, -0.15) is 5.26 Å². The highest BCUT2D eigenvalue weighted by molar-refractivity contribution is 6.35. The molecule has 22 heavy (non-hydrogen) atoms. The minimum atomic E-state index is -0.579. The number of nitrogens with zero attached hydrogens (tertiary/aromatic N) is 2. The summed E-state index contributed by atoms with van der Waals surface area (Å²) < 4.78 is 0. The number of rotatable bonds is 3. The number of hydrogen-bond acceptors (Lipinski definition) is 3. The number of nitriles is 1. The number of nitrogens with one attached hydrogen (secondary N) is 1. The smallest absolute Gasteiger partial charge is 0.247 e. The van der Waals surface area contributed by atoms with Gasteiger partial charge in [0, 0.05) is 11.6 Å². The first-order valence-electron chi connectivity index (χ1n) is 6.95. The van der Waals surface area contributed by atoms with Crippen LogP contribution in [-0.2, 0) is 9.59 Å². The predicted molar refractivity (Wildman–Crippen MR) is 84.7 cm³/mol. The fourth-order valence-corrected chi connectivity index (χ4v) is 2.82. The molecule has 0 spiro atoms. The predicted octanol–water partition coefficient (Wildman–Crippen LogP) is 3.23. The summed E-state index contributed by atoms with van der Waals surface area (Å²) in [5, 5.41) is 12.2. The first-order chi connectivity index (χ1) is 10.5. The van der Waals surface area contributed by atoms with Crippen LogP contribution in [0, 0.1) is 11.3 Å². The minimum absolute atomic E-state index is 0.221. The highest BCUT2D eigenvalue weighted by atomic mass is 35.5. The lowest BCUT2D eigenvalue weighted by atomic mass is 10.0. The molecule has 0 aromatic heterocycles. The summed E-state index contributed by atoms with van der Waals surface area (Å²) >= 11 is 11.9. The summed E-state index contributed by atoms with van der Waals surface area (Å²) in [4.78, 5) is 25.9. The lowest BCUT2D eigenvalue weighted by molar-refractivity contribution is -0.139. The van der Waals surface area contributed by atoms with Gasteiger partial charge in [-0.3, -0.25) is 9.59 Å². The fourth-order valence-electron chi connectivity index (χ4n) is 2.48. The van der Waals surface area contributed by atoms with Gasteiger partial charge in [-0.25, -0.2) is 0 Å². The summed E-state index contributed by atoms with van der Waals surface area (Å²) in [5.74, 6) is -0.630. The number of benzene rings is 1. The van der Waals surface area contributed by atoms with E-state index in [0.29, 0.717) is 28.7 Å². The third kappa shape index (κ3) is 3.90. The Kier molecular flexibility index (Phi) is 5.64. The van der Waals surface area contributed by atoms with Crippen LogP contribution in [0.2, 0.25) is 10.0 Å². The van der Waals surface area contributed by atoms with E-state index in [9.17, 15) is 9.59 Å². The van der Waals surface area contributed by atoms with Gasteiger partial charge in [0.2, 0.25) is 11.8 Å². The van der Waals surface area contributed by atoms with Crippen LogP contribution in [0.15, 0.2) is 18.2 Å². The Bertz CT molecular complexity index is 628. The molecule has 1 aromatic rings. The molecular weight excluding hydrogens is 325 g/mol. The summed E-state index contributed by atoms with van der Waals surface area (Å²) in [6, 6.07) is 6.04. The molecule has 116 valence electrons. The largest absolute Gasteiger partial charge is 0.330 e. The van der Waals surface area contributed by atoms with Gasteiger partial charge in [0.15, 0.2) is 0 Å². The molecular formula is C15H15Cl2N3O2. The van der Waals surface area contributed by atoms with Gasteiger partial charge in [0.1, 0.15) is 12.5 Å². The molecule has 1 N–H and O–H groups in total. The number of amides is 2. The zero-order valence-electron chi connectivity index (χ0n) is 11.8. The Balaban J connectivity index is 2.14. The third-order valence-corrected chi connectivity index (χ3v) is 4.11. The number of carbonyl (C=O) groups is 2. The quantitative estimate of drug-likeness (QED) is 0.918. The number of likely N-dealkylation sites (tertiary alicyclic amines) is 1. The topological polar surface area (TPSA) is 73.2 Å². The summed E-state index contributed by atoms with van der Waals surface area (Å²) in [6.45, 7) is 0.488. The number of halogens is 2. The number of anilines is 1. The van der Waals surface area contributed by atoms with Crippen LogP contribution in [-0.4, -0.2) is 29.3 Å². The van der Waals surface area contributed by atoms with Crippen LogP contribution in [0.5, 0.6) is 0 Å². The van der Waals surface area contributed by atoms with E-state index in [0.717, 1.165) is 12.8 Å².